The highest BCUT2D eigenvalue weighted by Gasteiger charge is 2.13. The van der Waals surface area contributed by atoms with E-state index in [1.165, 1.54) is 0 Å². The Labute approximate surface area is 165 Å². The summed E-state index contributed by atoms with van der Waals surface area (Å²) >= 11 is 5.17. The fourth-order valence-corrected chi connectivity index (χ4v) is 3.72. The van der Waals surface area contributed by atoms with Crippen molar-refractivity contribution >= 4 is 39.9 Å². The Balaban J connectivity index is 1.68. The van der Waals surface area contributed by atoms with Crippen molar-refractivity contribution in [2.75, 3.05) is 0 Å². The minimum atomic E-state index is -0.171. The summed E-state index contributed by atoms with van der Waals surface area (Å²) in [5.74, 6) is 0.506. The van der Waals surface area contributed by atoms with Gasteiger partial charge in [-0.1, -0.05) is 24.3 Å². The Morgan fingerprint density at radius 1 is 1.07 bits per heavy atom. The van der Waals surface area contributed by atoms with E-state index in [-0.39, 0.29) is 24.4 Å². The second-order valence-corrected chi connectivity index (χ2v) is 6.80. The first-order valence-corrected chi connectivity index (χ1v) is 9.42. The molecule has 0 saturated heterocycles. The van der Waals surface area contributed by atoms with E-state index in [2.05, 4.69) is 15.5 Å². The van der Waals surface area contributed by atoms with Gasteiger partial charge in [-0.2, -0.15) is 5.10 Å². The molecule has 0 aliphatic carbocycles. The highest BCUT2D eigenvalue weighted by molar-refractivity contribution is 7.71. The Morgan fingerprint density at radius 2 is 1.68 bits per heavy atom. The number of nitrogens with zero attached hydrogens (tertiary/aromatic N) is 3. The number of H-pyrrole nitrogens is 1. The molecule has 0 fully saturated rings. The van der Waals surface area contributed by atoms with Crippen LogP contribution in [0.3, 0.4) is 0 Å². The lowest BCUT2D eigenvalue weighted by molar-refractivity contribution is -0.121. The molecule has 0 spiro atoms. The SMILES string of the molecule is CCn1c(CNC(=O)Cn2c3ccccc3c(=O)c3ccccc32)n[nH]c1=S. The van der Waals surface area contributed by atoms with Crippen molar-refractivity contribution in [2.45, 2.75) is 26.6 Å². The van der Waals surface area contributed by atoms with Gasteiger partial charge in [-0.15, -0.1) is 0 Å². The number of fused-ring (bicyclic) bond motifs is 2. The molecule has 0 saturated carbocycles. The molecule has 4 aromatic rings. The van der Waals surface area contributed by atoms with Crippen molar-refractivity contribution in [1.29, 1.82) is 0 Å². The van der Waals surface area contributed by atoms with Gasteiger partial charge in [0.05, 0.1) is 17.6 Å². The van der Waals surface area contributed by atoms with Crippen molar-refractivity contribution in [2.24, 2.45) is 0 Å². The second-order valence-electron chi connectivity index (χ2n) is 6.42. The summed E-state index contributed by atoms with van der Waals surface area (Å²) in [6.07, 6.45) is 0. The predicted octanol–water partition coefficient (Wildman–Crippen LogP) is 2.75. The van der Waals surface area contributed by atoms with Gasteiger partial charge < -0.3 is 14.5 Å². The third kappa shape index (κ3) is 3.11. The highest BCUT2D eigenvalue weighted by atomic mass is 32.1. The highest BCUT2D eigenvalue weighted by Crippen LogP contribution is 2.18. The van der Waals surface area contributed by atoms with Crippen LogP contribution in [0.4, 0.5) is 0 Å². The summed E-state index contributed by atoms with van der Waals surface area (Å²) < 4.78 is 4.24. The van der Waals surface area contributed by atoms with E-state index in [4.69, 9.17) is 12.2 Å². The standard InChI is InChI=1S/C20H19N5O2S/c1-2-24-17(22-23-20(24)28)11-21-18(26)12-25-15-9-5-3-7-13(15)19(27)14-8-4-6-10-16(14)25/h3-10H,2,11-12H2,1H3,(H,21,26)(H,23,28). The fraction of sp³-hybridized carbons (Fsp3) is 0.200. The van der Waals surface area contributed by atoms with Crippen LogP contribution in [0.1, 0.15) is 12.7 Å². The van der Waals surface area contributed by atoms with E-state index < -0.39 is 0 Å². The first-order chi connectivity index (χ1) is 13.6. The van der Waals surface area contributed by atoms with E-state index in [0.717, 1.165) is 11.0 Å². The molecule has 0 atom stereocenters. The van der Waals surface area contributed by atoms with Gasteiger partial charge in [-0.05, 0) is 43.4 Å². The van der Waals surface area contributed by atoms with E-state index in [1.807, 2.05) is 52.5 Å². The molecule has 0 radical (unpaired) electrons. The molecule has 0 aliphatic heterocycles. The zero-order chi connectivity index (χ0) is 19.7. The molecule has 1 amide bonds. The molecule has 4 rings (SSSR count). The van der Waals surface area contributed by atoms with Gasteiger partial charge in [0.2, 0.25) is 5.91 Å². The number of para-hydroxylation sites is 2. The molecular formula is C20H19N5O2S. The largest absolute Gasteiger partial charge is 0.347 e. The van der Waals surface area contributed by atoms with Gasteiger partial charge in [0.25, 0.3) is 0 Å². The van der Waals surface area contributed by atoms with Crippen LogP contribution in [0.15, 0.2) is 53.3 Å². The number of rotatable bonds is 5. The summed E-state index contributed by atoms with van der Waals surface area (Å²) in [4.78, 5) is 25.5. The Hall–Kier alpha value is -3.26. The van der Waals surface area contributed by atoms with Crippen LogP contribution in [0.2, 0.25) is 0 Å². The number of aromatic nitrogens is 4. The number of nitrogens with one attached hydrogen (secondary N) is 2. The summed E-state index contributed by atoms with van der Waals surface area (Å²) in [5.41, 5.74) is 1.44. The predicted molar refractivity (Wildman–Crippen MR) is 111 cm³/mol. The van der Waals surface area contributed by atoms with Gasteiger partial charge in [-0.3, -0.25) is 14.7 Å². The zero-order valence-electron chi connectivity index (χ0n) is 15.3. The van der Waals surface area contributed by atoms with E-state index >= 15 is 0 Å². The summed E-state index contributed by atoms with van der Waals surface area (Å²) in [7, 11) is 0. The number of aromatic amines is 1. The molecule has 8 heteroatoms. The molecule has 2 N–H and O–H groups in total. The maximum Gasteiger partial charge on any atom is 0.240 e. The lowest BCUT2D eigenvalue weighted by atomic mass is 10.1. The van der Waals surface area contributed by atoms with E-state index in [9.17, 15) is 9.59 Å². The minimum Gasteiger partial charge on any atom is -0.347 e. The van der Waals surface area contributed by atoms with Crippen LogP contribution in [0.5, 0.6) is 0 Å². The maximum absolute atomic E-state index is 12.8. The van der Waals surface area contributed by atoms with Gasteiger partial charge in [0.1, 0.15) is 6.54 Å². The summed E-state index contributed by atoms with van der Waals surface area (Å²) in [6.45, 7) is 3.01. The Morgan fingerprint density at radius 3 is 2.29 bits per heavy atom. The van der Waals surface area contributed by atoms with Gasteiger partial charge >= 0.3 is 0 Å². The number of benzene rings is 2. The van der Waals surface area contributed by atoms with Crippen molar-refractivity contribution in [3.05, 3.63) is 69.3 Å². The van der Waals surface area contributed by atoms with Crippen molar-refractivity contribution in [1.82, 2.24) is 24.6 Å². The van der Waals surface area contributed by atoms with Crippen LogP contribution >= 0.6 is 12.2 Å². The average Bonchev–Trinajstić information content (AvgIpc) is 3.09. The molecule has 2 heterocycles. The Kier molecular flexibility index (Phi) is 4.79. The smallest absolute Gasteiger partial charge is 0.240 e. The fourth-order valence-electron chi connectivity index (χ4n) is 3.44. The molecule has 2 aromatic heterocycles. The number of amides is 1. The van der Waals surface area contributed by atoms with Gasteiger partial charge in [0.15, 0.2) is 16.0 Å². The van der Waals surface area contributed by atoms with Crippen LogP contribution < -0.4 is 10.7 Å². The first-order valence-electron chi connectivity index (χ1n) is 9.01. The monoisotopic (exact) mass is 393 g/mol. The molecule has 7 nitrogen and oxygen atoms in total. The lowest BCUT2D eigenvalue weighted by Crippen LogP contribution is -2.29. The lowest BCUT2D eigenvalue weighted by Gasteiger charge is -2.15. The molecule has 142 valence electrons. The van der Waals surface area contributed by atoms with E-state index in [1.54, 1.807) is 12.1 Å². The third-order valence-corrected chi connectivity index (χ3v) is 5.09. The Bertz CT molecular complexity index is 1240. The quantitative estimate of drug-likeness (QED) is 0.403. The molecule has 2 aromatic carbocycles. The molecule has 0 aliphatic rings. The van der Waals surface area contributed by atoms with Crippen LogP contribution in [0, 0.1) is 4.77 Å². The number of pyridine rings is 1. The summed E-state index contributed by atoms with van der Waals surface area (Å²) in [6, 6.07) is 14.7. The van der Waals surface area contributed by atoms with Crippen molar-refractivity contribution < 1.29 is 4.79 Å². The number of carbonyl (C=O) groups is 1. The normalized spacial score (nSPS) is 11.2. The van der Waals surface area contributed by atoms with E-state index in [0.29, 0.717) is 27.9 Å². The van der Waals surface area contributed by atoms with Crippen LogP contribution in [-0.2, 0) is 24.4 Å². The number of hydrogen-bond donors (Lipinski definition) is 2. The number of hydrogen-bond acceptors (Lipinski definition) is 4. The molecule has 0 unspecified atom stereocenters. The van der Waals surface area contributed by atoms with Gasteiger partial charge in [0, 0.05) is 17.3 Å². The van der Waals surface area contributed by atoms with Crippen LogP contribution in [-0.4, -0.2) is 25.2 Å². The average molecular weight is 393 g/mol. The summed E-state index contributed by atoms with van der Waals surface area (Å²) in [5, 5.41) is 11.0. The van der Waals surface area contributed by atoms with Crippen LogP contribution in [0.25, 0.3) is 21.8 Å². The zero-order valence-corrected chi connectivity index (χ0v) is 16.1. The molecule has 0 bridgehead atoms. The molecular weight excluding hydrogens is 374 g/mol. The second kappa shape index (κ2) is 7.40. The maximum atomic E-state index is 12.8. The van der Waals surface area contributed by atoms with Gasteiger partial charge in [-0.25, -0.2) is 0 Å². The number of carbonyl (C=O) groups excluding carboxylic acids is 1. The molecule has 28 heavy (non-hydrogen) atoms. The minimum absolute atomic E-state index is 0.0265. The topological polar surface area (TPSA) is 84.7 Å². The first kappa shape index (κ1) is 18.1. The van der Waals surface area contributed by atoms with Crippen molar-refractivity contribution in [3.8, 4) is 0 Å². The third-order valence-electron chi connectivity index (χ3n) is 4.78. The van der Waals surface area contributed by atoms with Crippen molar-refractivity contribution in [3.63, 3.8) is 0 Å².